The minimum absolute atomic E-state index is 0.0187. The molecule has 0 spiro atoms. The number of anilines is 1. The Bertz CT molecular complexity index is 1140. The zero-order valence-electron chi connectivity index (χ0n) is 17.4. The van der Waals surface area contributed by atoms with Crippen LogP contribution in [0.3, 0.4) is 0 Å². The van der Waals surface area contributed by atoms with Gasteiger partial charge in [0.15, 0.2) is 0 Å². The standard InChI is InChI=1S/C23H25N5O3/c1-15-24-10-8-20(26-15)27-13-16-12-17(14-27)22(28-19(16)5-2-6-21(28)29)23(30)25-9-7-18-4-3-11-31-18/h2-6,8,10-11,16-17,22H,7,9,12-14H2,1H3,(H,25,30)/t16-,17+,22-/m1/s1. The van der Waals surface area contributed by atoms with Crippen LogP contribution < -0.4 is 15.8 Å². The Morgan fingerprint density at radius 3 is 2.94 bits per heavy atom. The second-order valence-corrected chi connectivity index (χ2v) is 8.28. The number of aromatic nitrogens is 3. The molecule has 0 saturated carbocycles. The van der Waals surface area contributed by atoms with Crippen molar-refractivity contribution in [2.45, 2.75) is 31.7 Å². The first kappa shape index (κ1) is 19.5. The molecule has 1 saturated heterocycles. The lowest BCUT2D eigenvalue weighted by Crippen LogP contribution is -2.53. The van der Waals surface area contributed by atoms with E-state index in [2.05, 4.69) is 20.2 Å². The smallest absolute Gasteiger partial charge is 0.251 e. The predicted molar refractivity (Wildman–Crippen MR) is 115 cm³/mol. The maximum Gasteiger partial charge on any atom is 0.251 e. The van der Waals surface area contributed by atoms with Gasteiger partial charge in [-0.1, -0.05) is 6.07 Å². The quantitative estimate of drug-likeness (QED) is 0.681. The van der Waals surface area contributed by atoms with E-state index in [4.69, 9.17) is 4.42 Å². The molecule has 5 heterocycles. The first-order valence-corrected chi connectivity index (χ1v) is 10.7. The average Bonchev–Trinajstić information content (AvgIpc) is 3.28. The van der Waals surface area contributed by atoms with Gasteiger partial charge in [0.25, 0.3) is 5.56 Å². The summed E-state index contributed by atoms with van der Waals surface area (Å²) >= 11 is 0. The number of piperidine rings is 1. The van der Waals surface area contributed by atoms with E-state index in [1.54, 1.807) is 29.2 Å². The van der Waals surface area contributed by atoms with Gasteiger partial charge in [0.1, 0.15) is 23.4 Å². The van der Waals surface area contributed by atoms with E-state index in [1.807, 2.05) is 31.2 Å². The predicted octanol–water partition coefficient (Wildman–Crippen LogP) is 2.06. The summed E-state index contributed by atoms with van der Waals surface area (Å²) in [6.07, 6.45) is 4.88. The molecule has 31 heavy (non-hydrogen) atoms. The van der Waals surface area contributed by atoms with Crippen molar-refractivity contribution >= 4 is 11.7 Å². The molecule has 3 aromatic rings. The van der Waals surface area contributed by atoms with Crippen molar-refractivity contribution in [1.82, 2.24) is 19.9 Å². The van der Waals surface area contributed by atoms with Gasteiger partial charge < -0.3 is 14.6 Å². The molecule has 5 rings (SSSR count). The summed E-state index contributed by atoms with van der Waals surface area (Å²) in [7, 11) is 0. The highest BCUT2D eigenvalue weighted by molar-refractivity contribution is 5.81. The van der Waals surface area contributed by atoms with Gasteiger partial charge in [0.05, 0.1) is 6.26 Å². The molecule has 0 unspecified atom stereocenters. The van der Waals surface area contributed by atoms with Gasteiger partial charge in [-0.3, -0.25) is 14.2 Å². The molecule has 8 nitrogen and oxygen atoms in total. The number of amides is 1. The number of furan rings is 1. The van der Waals surface area contributed by atoms with Crippen molar-refractivity contribution < 1.29 is 9.21 Å². The largest absolute Gasteiger partial charge is 0.469 e. The van der Waals surface area contributed by atoms with Crippen LogP contribution in [0.5, 0.6) is 0 Å². The normalized spacial score (nSPS) is 22.1. The van der Waals surface area contributed by atoms with Crippen LogP contribution in [0.25, 0.3) is 0 Å². The van der Waals surface area contributed by atoms with E-state index in [0.717, 1.165) is 36.1 Å². The molecule has 8 heteroatoms. The number of hydrogen-bond donors (Lipinski definition) is 1. The lowest BCUT2D eigenvalue weighted by Gasteiger charge is -2.46. The minimum Gasteiger partial charge on any atom is -0.469 e. The van der Waals surface area contributed by atoms with Crippen LogP contribution in [0.15, 0.2) is 58.1 Å². The Balaban J connectivity index is 1.43. The number of nitrogens with zero attached hydrogens (tertiary/aromatic N) is 4. The third kappa shape index (κ3) is 3.73. The summed E-state index contributed by atoms with van der Waals surface area (Å²) < 4.78 is 7.06. The van der Waals surface area contributed by atoms with Crippen molar-refractivity contribution in [3.63, 3.8) is 0 Å². The van der Waals surface area contributed by atoms with Crippen LogP contribution in [-0.4, -0.2) is 40.1 Å². The maximum absolute atomic E-state index is 13.3. The molecule has 2 aliphatic heterocycles. The van der Waals surface area contributed by atoms with Crippen molar-refractivity contribution in [3.8, 4) is 0 Å². The Labute approximate surface area is 179 Å². The SMILES string of the molecule is Cc1nccc(N2C[C@H]3C[C@@H](C2)[C@H](C(=O)NCCc2ccco2)n2c3cccc2=O)n1. The van der Waals surface area contributed by atoms with Crippen LogP contribution in [0.2, 0.25) is 0 Å². The monoisotopic (exact) mass is 419 g/mol. The molecule has 0 aromatic carbocycles. The van der Waals surface area contributed by atoms with E-state index < -0.39 is 6.04 Å². The number of hydrogen-bond acceptors (Lipinski definition) is 6. The third-order valence-electron chi connectivity index (χ3n) is 6.25. The molecule has 160 valence electrons. The number of fused-ring (bicyclic) bond motifs is 4. The first-order valence-electron chi connectivity index (χ1n) is 10.7. The zero-order valence-corrected chi connectivity index (χ0v) is 17.4. The first-order chi connectivity index (χ1) is 15.1. The van der Waals surface area contributed by atoms with Crippen LogP contribution in [-0.2, 0) is 11.2 Å². The molecule has 0 radical (unpaired) electrons. The van der Waals surface area contributed by atoms with Crippen LogP contribution in [0, 0.1) is 12.8 Å². The highest BCUT2D eigenvalue weighted by Crippen LogP contribution is 2.42. The fourth-order valence-corrected chi connectivity index (χ4v) is 4.95. The Morgan fingerprint density at radius 1 is 1.23 bits per heavy atom. The number of carbonyl (C=O) groups excluding carboxylic acids is 1. The highest BCUT2D eigenvalue weighted by Gasteiger charge is 2.43. The summed E-state index contributed by atoms with van der Waals surface area (Å²) in [5, 5.41) is 3.02. The van der Waals surface area contributed by atoms with E-state index in [0.29, 0.717) is 19.5 Å². The topological polar surface area (TPSA) is 93.3 Å². The molecule has 2 aliphatic rings. The lowest BCUT2D eigenvalue weighted by molar-refractivity contribution is -0.126. The van der Waals surface area contributed by atoms with Crippen LogP contribution in [0.4, 0.5) is 5.82 Å². The van der Waals surface area contributed by atoms with Gasteiger partial charge in [0, 0.05) is 55.8 Å². The highest BCUT2D eigenvalue weighted by atomic mass is 16.3. The van der Waals surface area contributed by atoms with E-state index in [-0.39, 0.29) is 23.3 Å². The number of rotatable bonds is 5. The van der Waals surface area contributed by atoms with Crippen molar-refractivity contribution in [1.29, 1.82) is 0 Å². The second kappa shape index (κ2) is 8.02. The van der Waals surface area contributed by atoms with E-state index >= 15 is 0 Å². The number of aryl methyl sites for hydroxylation is 1. The minimum atomic E-state index is -0.540. The summed E-state index contributed by atoms with van der Waals surface area (Å²) in [5.74, 6) is 2.48. The van der Waals surface area contributed by atoms with Crippen LogP contribution in [0.1, 0.15) is 35.7 Å². The Kier molecular flexibility index (Phi) is 5.05. The summed E-state index contributed by atoms with van der Waals surface area (Å²) in [6, 6.07) is 10.4. The van der Waals surface area contributed by atoms with Crippen molar-refractivity contribution in [2.75, 3.05) is 24.5 Å². The Hall–Kier alpha value is -3.42. The van der Waals surface area contributed by atoms with E-state index in [1.165, 1.54) is 0 Å². The van der Waals surface area contributed by atoms with Crippen molar-refractivity contribution in [3.05, 3.63) is 76.5 Å². The third-order valence-corrected chi connectivity index (χ3v) is 6.25. The molecule has 1 amide bonds. The molecule has 1 fully saturated rings. The van der Waals surface area contributed by atoms with Crippen LogP contribution >= 0.6 is 0 Å². The molecule has 3 aromatic heterocycles. The second-order valence-electron chi connectivity index (χ2n) is 8.28. The van der Waals surface area contributed by atoms with Gasteiger partial charge in [-0.15, -0.1) is 0 Å². The summed E-state index contributed by atoms with van der Waals surface area (Å²) in [5.41, 5.74) is 0.801. The van der Waals surface area contributed by atoms with Gasteiger partial charge in [-0.2, -0.15) is 0 Å². The molecular formula is C23H25N5O3. The molecular weight excluding hydrogens is 394 g/mol. The van der Waals surface area contributed by atoms with Gasteiger partial charge in [-0.05, 0) is 37.6 Å². The van der Waals surface area contributed by atoms with Gasteiger partial charge in [0.2, 0.25) is 5.91 Å². The van der Waals surface area contributed by atoms with Gasteiger partial charge >= 0.3 is 0 Å². The number of nitrogens with one attached hydrogen (secondary N) is 1. The average molecular weight is 419 g/mol. The molecule has 1 N–H and O–H groups in total. The number of carbonyl (C=O) groups is 1. The van der Waals surface area contributed by atoms with Crippen molar-refractivity contribution in [2.24, 2.45) is 5.92 Å². The lowest BCUT2D eigenvalue weighted by atomic mass is 9.78. The summed E-state index contributed by atoms with van der Waals surface area (Å²) in [6.45, 7) is 3.77. The maximum atomic E-state index is 13.3. The molecule has 0 aliphatic carbocycles. The van der Waals surface area contributed by atoms with Gasteiger partial charge in [-0.25, -0.2) is 9.97 Å². The number of pyridine rings is 1. The Morgan fingerprint density at radius 2 is 2.13 bits per heavy atom. The molecule has 3 atom stereocenters. The van der Waals surface area contributed by atoms with E-state index in [9.17, 15) is 9.59 Å². The fourth-order valence-electron chi connectivity index (χ4n) is 4.95. The molecule has 2 bridgehead atoms. The zero-order chi connectivity index (χ0) is 21.4. The fraction of sp³-hybridized carbons (Fsp3) is 0.391. The summed E-state index contributed by atoms with van der Waals surface area (Å²) in [4.78, 5) is 37.1.